The first-order valence-corrected chi connectivity index (χ1v) is 7.79. The van der Waals surface area contributed by atoms with Gasteiger partial charge in [-0.25, -0.2) is 4.98 Å². The van der Waals surface area contributed by atoms with Crippen molar-refractivity contribution in [2.24, 2.45) is 4.99 Å². The summed E-state index contributed by atoms with van der Waals surface area (Å²) < 4.78 is 5.41. The first kappa shape index (κ1) is 16.8. The minimum atomic E-state index is 0.615. The fraction of sp³-hybridized carbons (Fsp3) is 0.333. The Morgan fingerprint density at radius 1 is 1.13 bits per heavy atom. The van der Waals surface area contributed by atoms with Gasteiger partial charge in [0.1, 0.15) is 0 Å². The molecule has 0 atom stereocenters. The summed E-state index contributed by atoms with van der Waals surface area (Å²) in [6, 6.07) is 12.3. The van der Waals surface area contributed by atoms with Crippen molar-refractivity contribution < 1.29 is 4.74 Å². The molecule has 2 N–H and O–H groups in total. The van der Waals surface area contributed by atoms with Crippen molar-refractivity contribution in [2.75, 3.05) is 13.7 Å². The van der Waals surface area contributed by atoms with Crippen molar-refractivity contribution in [1.82, 2.24) is 15.6 Å². The lowest BCUT2D eigenvalue weighted by molar-refractivity contribution is 0.326. The number of aromatic nitrogens is 1. The molecule has 0 aliphatic carbocycles. The molecule has 5 heteroatoms. The maximum absolute atomic E-state index is 5.41. The summed E-state index contributed by atoms with van der Waals surface area (Å²) in [5.74, 6) is 1.41. The van der Waals surface area contributed by atoms with Gasteiger partial charge in [0, 0.05) is 32.4 Å². The van der Waals surface area contributed by atoms with E-state index in [0.29, 0.717) is 19.0 Å². The van der Waals surface area contributed by atoms with Crippen LogP contribution in [0, 0.1) is 6.92 Å². The Morgan fingerprint density at radius 2 is 1.87 bits per heavy atom. The Hall–Kier alpha value is -2.56. The molecule has 2 aromatic rings. The van der Waals surface area contributed by atoms with Gasteiger partial charge in [-0.3, -0.25) is 4.99 Å². The monoisotopic (exact) mass is 312 g/mol. The van der Waals surface area contributed by atoms with E-state index in [4.69, 9.17) is 4.74 Å². The number of hydrogen-bond acceptors (Lipinski definition) is 3. The fourth-order valence-electron chi connectivity index (χ4n) is 2.20. The van der Waals surface area contributed by atoms with Crippen LogP contribution in [0.25, 0.3) is 0 Å². The van der Waals surface area contributed by atoms with Crippen molar-refractivity contribution in [3.05, 3.63) is 59.3 Å². The van der Waals surface area contributed by atoms with Crippen LogP contribution in [0.15, 0.2) is 47.6 Å². The molecule has 0 amide bonds. The third-order valence-electron chi connectivity index (χ3n) is 3.32. The lowest BCUT2D eigenvalue weighted by Gasteiger charge is -2.12. The molecule has 1 aromatic heterocycles. The van der Waals surface area contributed by atoms with Gasteiger partial charge >= 0.3 is 0 Å². The highest BCUT2D eigenvalue weighted by atomic mass is 16.5. The lowest BCUT2D eigenvalue weighted by atomic mass is 10.1. The van der Waals surface area contributed by atoms with Crippen molar-refractivity contribution in [3.63, 3.8) is 0 Å². The normalized spacial score (nSPS) is 11.2. The molecule has 0 unspecified atom stereocenters. The summed E-state index contributed by atoms with van der Waals surface area (Å²) in [6.45, 7) is 6.06. The molecule has 1 aromatic carbocycles. The summed E-state index contributed by atoms with van der Waals surface area (Å²) in [7, 11) is 1.77. The number of benzene rings is 1. The minimum absolute atomic E-state index is 0.615. The van der Waals surface area contributed by atoms with Crippen LogP contribution in [0.2, 0.25) is 0 Å². The zero-order valence-corrected chi connectivity index (χ0v) is 14.0. The van der Waals surface area contributed by atoms with Gasteiger partial charge in [-0.15, -0.1) is 0 Å². The second-order valence-electron chi connectivity index (χ2n) is 5.20. The molecule has 0 saturated carbocycles. The van der Waals surface area contributed by atoms with E-state index in [1.165, 1.54) is 11.1 Å². The Morgan fingerprint density at radius 3 is 2.52 bits per heavy atom. The molecule has 0 spiro atoms. The number of nitrogens with zero attached hydrogens (tertiary/aromatic N) is 2. The minimum Gasteiger partial charge on any atom is -0.478 e. The molecule has 122 valence electrons. The number of aryl methyl sites for hydroxylation is 1. The van der Waals surface area contributed by atoms with Crippen LogP contribution >= 0.6 is 0 Å². The van der Waals surface area contributed by atoms with Crippen LogP contribution in [-0.2, 0) is 13.1 Å². The van der Waals surface area contributed by atoms with Crippen molar-refractivity contribution >= 4 is 5.96 Å². The lowest BCUT2D eigenvalue weighted by Crippen LogP contribution is -2.36. The molecule has 0 saturated heterocycles. The highest BCUT2D eigenvalue weighted by molar-refractivity contribution is 5.79. The number of rotatable bonds is 6. The molecule has 0 radical (unpaired) electrons. The molecule has 0 bridgehead atoms. The van der Waals surface area contributed by atoms with E-state index in [-0.39, 0.29) is 0 Å². The van der Waals surface area contributed by atoms with Crippen LogP contribution in [-0.4, -0.2) is 24.6 Å². The van der Waals surface area contributed by atoms with E-state index in [1.807, 2.05) is 19.1 Å². The topological polar surface area (TPSA) is 58.5 Å². The molecular formula is C18H24N4O. The number of pyridine rings is 1. The Kier molecular flexibility index (Phi) is 6.41. The number of nitrogens with one attached hydrogen (secondary N) is 2. The van der Waals surface area contributed by atoms with E-state index >= 15 is 0 Å². The first-order chi connectivity index (χ1) is 11.2. The molecular weight excluding hydrogens is 288 g/mol. The summed E-state index contributed by atoms with van der Waals surface area (Å²) >= 11 is 0. The van der Waals surface area contributed by atoms with Crippen LogP contribution in [0.1, 0.15) is 23.6 Å². The summed E-state index contributed by atoms with van der Waals surface area (Å²) in [6.07, 6.45) is 1.75. The van der Waals surface area contributed by atoms with E-state index in [2.05, 4.69) is 51.8 Å². The molecule has 23 heavy (non-hydrogen) atoms. The van der Waals surface area contributed by atoms with E-state index in [0.717, 1.165) is 18.1 Å². The van der Waals surface area contributed by atoms with Crippen LogP contribution in [0.5, 0.6) is 5.88 Å². The third kappa shape index (κ3) is 5.62. The average Bonchev–Trinajstić information content (AvgIpc) is 2.56. The van der Waals surface area contributed by atoms with Gasteiger partial charge in [-0.1, -0.05) is 29.8 Å². The van der Waals surface area contributed by atoms with Gasteiger partial charge in [0.25, 0.3) is 0 Å². The summed E-state index contributed by atoms with van der Waals surface area (Å²) in [5.41, 5.74) is 3.59. The Labute approximate surface area is 137 Å². The van der Waals surface area contributed by atoms with E-state index < -0.39 is 0 Å². The van der Waals surface area contributed by atoms with E-state index in [1.54, 1.807) is 13.2 Å². The predicted octanol–water partition coefficient (Wildman–Crippen LogP) is 2.65. The Balaban J connectivity index is 1.86. The standard InChI is InChI=1S/C18H24N4O/c1-4-23-17-11-16(8-9-20-17)13-22-18(19-3)21-12-15-7-5-6-14(2)10-15/h5-11H,4,12-13H2,1-3H3,(H2,19,21,22). The van der Waals surface area contributed by atoms with Gasteiger partial charge in [0.05, 0.1) is 6.61 Å². The van der Waals surface area contributed by atoms with Crippen LogP contribution < -0.4 is 15.4 Å². The summed E-state index contributed by atoms with van der Waals surface area (Å²) in [4.78, 5) is 8.41. The quantitative estimate of drug-likeness (QED) is 0.636. The molecule has 2 rings (SSSR count). The maximum atomic E-state index is 5.41. The van der Waals surface area contributed by atoms with Gasteiger partial charge in [-0.05, 0) is 31.0 Å². The second-order valence-corrected chi connectivity index (χ2v) is 5.20. The van der Waals surface area contributed by atoms with Gasteiger partial charge < -0.3 is 15.4 Å². The smallest absolute Gasteiger partial charge is 0.213 e. The van der Waals surface area contributed by atoms with Gasteiger partial charge in [-0.2, -0.15) is 0 Å². The van der Waals surface area contributed by atoms with Crippen molar-refractivity contribution in [3.8, 4) is 5.88 Å². The largest absolute Gasteiger partial charge is 0.478 e. The number of aliphatic imine (C=N–C) groups is 1. The highest BCUT2D eigenvalue weighted by Gasteiger charge is 2.01. The average molecular weight is 312 g/mol. The molecule has 0 fully saturated rings. The van der Waals surface area contributed by atoms with Crippen molar-refractivity contribution in [1.29, 1.82) is 0 Å². The van der Waals surface area contributed by atoms with Gasteiger partial charge in [0.15, 0.2) is 5.96 Å². The molecule has 1 heterocycles. The SMILES string of the molecule is CCOc1cc(CNC(=NC)NCc2cccc(C)c2)ccn1. The van der Waals surface area contributed by atoms with E-state index in [9.17, 15) is 0 Å². The highest BCUT2D eigenvalue weighted by Crippen LogP contribution is 2.09. The molecule has 5 nitrogen and oxygen atoms in total. The maximum Gasteiger partial charge on any atom is 0.213 e. The van der Waals surface area contributed by atoms with Crippen LogP contribution in [0.3, 0.4) is 0 Å². The molecule has 0 aliphatic rings. The van der Waals surface area contributed by atoms with Gasteiger partial charge in [0.2, 0.25) is 5.88 Å². The van der Waals surface area contributed by atoms with Crippen LogP contribution in [0.4, 0.5) is 0 Å². The Bertz CT molecular complexity index is 655. The zero-order chi connectivity index (χ0) is 16.5. The predicted molar refractivity (Wildman–Crippen MR) is 93.6 cm³/mol. The van der Waals surface area contributed by atoms with Crippen molar-refractivity contribution in [2.45, 2.75) is 26.9 Å². The zero-order valence-electron chi connectivity index (χ0n) is 14.0. The molecule has 0 aliphatic heterocycles. The summed E-state index contributed by atoms with van der Waals surface area (Å²) in [5, 5.41) is 6.61. The first-order valence-electron chi connectivity index (χ1n) is 7.79. The number of guanidine groups is 1. The fourth-order valence-corrected chi connectivity index (χ4v) is 2.20. The number of ether oxygens (including phenoxy) is 1. The number of hydrogen-bond donors (Lipinski definition) is 2. The second kappa shape index (κ2) is 8.78. The third-order valence-corrected chi connectivity index (χ3v) is 3.32.